The monoisotopic (exact) mass is 355 g/mol. The molecule has 2 aromatic rings. The van der Waals surface area contributed by atoms with Gasteiger partial charge in [0, 0.05) is 36.7 Å². The molecule has 0 saturated carbocycles. The number of halogens is 1. The van der Waals surface area contributed by atoms with E-state index in [0.29, 0.717) is 11.4 Å². The first kappa shape index (κ1) is 17.5. The Morgan fingerprint density at radius 1 is 1.20 bits per heavy atom. The van der Waals surface area contributed by atoms with Crippen molar-refractivity contribution in [2.24, 2.45) is 10.1 Å². The molecule has 0 saturated heterocycles. The van der Waals surface area contributed by atoms with Gasteiger partial charge < -0.3 is 9.74 Å². The number of aliphatic imine (C=N–C) groups is 1. The van der Waals surface area contributed by atoms with E-state index in [1.165, 1.54) is 0 Å². The third-order valence-corrected chi connectivity index (χ3v) is 4.55. The molecule has 5 heteroatoms. The summed E-state index contributed by atoms with van der Waals surface area (Å²) in [5.74, 6) is 0. The lowest BCUT2D eigenvalue weighted by Crippen LogP contribution is -2.07. The normalized spacial score (nSPS) is 16.8. The van der Waals surface area contributed by atoms with Gasteiger partial charge in [0.05, 0.1) is 17.7 Å². The number of rotatable bonds is 4. The molecule has 1 unspecified atom stereocenters. The Hall–Kier alpha value is -2.33. The van der Waals surface area contributed by atoms with E-state index in [1.54, 1.807) is 0 Å². The zero-order valence-electron chi connectivity index (χ0n) is 15.0. The SMILES string of the molecule is Cc1cc(C2=NOC(c3ccccc3Cl)C2)c(C)cc1/N=C\N(C)C. The molecular formula is C20H22ClN3O. The van der Waals surface area contributed by atoms with Crippen LogP contribution in [0.15, 0.2) is 46.5 Å². The van der Waals surface area contributed by atoms with Crippen molar-refractivity contribution >= 4 is 29.3 Å². The van der Waals surface area contributed by atoms with Gasteiger partial charge in [0.2, 0.25) is 0 Å². The van der Waals surface area contributed by atoms with Crippen LogP contribution in [0.3, 0.4) is 0 Å². The standard InChI is InChI=1S/C20H22ClN3O/c1-13-10-18(22-12-24(3)4)14(2)9-16(13)19-11-20(25-23-19)15-7-5-6-8-17(15)21/h5-10,12,20H,11H2,1-4H3/b22-12-. The van der Waals surface area contributed by atoms with Gasteiger partial charge in [0.25, 0.3) is 0 Å². The Kier molecular flexibility index (Phi) is 5.09. The minimum Gasteiger partial charge on any atom is -0.387 e. The first-order valence-corrected chi connectivity index (χ1v) is 8.63. The molecule has 0 bridgehead atoms. The number of oxime groups is 1. The predicted molar refractivity (Wildman–Crippen MR) is 104 cm³/mol. The maximum Gasteiger partial charge on any atom is 0.159 e. The maximum atomic E-state index is 6.28. The van der Waals surface area contributed by atoms with E-state index in [9.17, 15) is 0 Å². The summed E-state index contributed by atoms with van der Waals surface area (Å²) in [6, 6.07) is 12.0. The molecule has 0 aromatic heterocycles. The van der Waals surface area contributed by atoms with Crippen LogP contribution in [0, 0.1) is 13.8 Å². The van der Waals surface area contributed by atoms with Crippen molar-refractivity contribution in [3.63, 3.8) is 0 Å². The van der Waals surface area contributed by atoms with Crippen molar-refractivity contribution in [2.75, 3.05) is 14.1 Å². The predicted octanol–water partition coefficient (Wildman–Crippen LogP) is 5.04. The topological polar surface area (TPSA) is 37.2 Å². The van der Waals surface area contributed by atoms with E-state index in [2.05, 4.69) is 36.1 Å². The Morgan fingerprint density at radius 2 is 1.96 bits per heavy atom. The Balaban J connectivity index is 1.84. The van der Waals surface area contributed by atoms with Crippen LogP contribution in [-0.2, 0) is 4.84 Å². The van der Waals surface area contributed by atoms with Gasteiger partial charge in [-0.15, -0.1) is 0 Å². The zero-order valence-corrected chi connectivity index (χ0v) is 15.7. The van der Waals surface area contributed by atoms with Crippen LogP contribution in [0.1, 0.15) is 34.8 Å². The summed E-state index contributed by atoms with van der Waals surface area (Å²) in [7, 11) is 3.92. The second-order valence-corrected chi connectivity index (χ2v) is 6.93. The first-order chi connectivity index (χ1) is 12.0. The molecule has 4 nitrogen and oxygen atoms in total. The molecule has 0 amide bonds. The van der Waals surface area contributed by atoms with Crippen LogP contribution in [-0.4, -0.2) is 31.0 Å². The highest BCUT2D eigenvalue weighted by Crippen LogP contribution is 2.35. The van der Waals surface area contributed by atoms with Crippen LogP contribution in [0.2, 0.25) is 5.02 Å². The molecule has 1 aliphatic heterocycles. The molecule has 0 fully saturated rings. The van der Waals surface area contributed by atoms with E-state index < -0.39 is 0 Å². The third-order valence-electron chi connectivity index (χ3n) is 4.20. The van der Waals surface area contributed by atoms with Gasteiger partial charge in [0.1, 0.15) is 0 Å². The minimum absolute atomic E-state index is 0.130. The van der Waals surface area contributed by atoms with Crippen LogP contribution in [0.5, 0.6) is 0 Å². The molecule has 1 heterocycles. The molecule has 130 valence electrons. The molecule has 2 aromatic carbocycles. The van der Waals surface area contributed by atoms with Crippen molar-refractivity contribution in [2.45, 2.75) is 26.4 Å². The lowest BCUT2D eigenvalue weighted by atomic mass is 9.95. The summed E-state index contributed by atoms with van der Waals surface area (Å²) in [6.45, 7) is 4.14. The van der Waals surface area contributed by atoms with Gasteiger partial charge >= 0.3 is 0 Å². The van der Waals surface area contributed by atoms with E-state index in [1.807, 2.05) is 49.6 Å². The average Bonchev–Trinajstić information content (AvgIpc) is 3.05. The van der Waals surface area contributed by atoms with E-state index in [-0.39, 0.29) is 6.10 Å². The summed E-state index contributed by atoms with van der Waals surface area (Å²) in [6.07, 6.45) is 2.39. The fourth-order valence-electron chi connectivity index (χ4n) is 2.87. The Morgan fingerprint density at radius 3 is 2.68 bits per heavy atom. The molecule has 0 N–H and O–H groups in total. The molecule has 3 rings (SSSR count). The van der Waals surface area contributed by atoms with Crippen molar-refractivity contribution in [3.05, 3.63) is 63.7 Å². The molecular weight excluding hydrogens is 334 g/mol. The molecule has 1 atom stereocenters. The smallest absolute Gasteiger partial charge is 0.159 e. The minimum atomic E-state index is -0.130. The van der Waals surface area contributed by atoms with Crippen molar-refractivity contribution in [1.82, 2.24) is 4.90 Å². The fraction of sp³-hybridized carbons (Fsp3) is 0.300. The van der Waals surface area contributed by atoms with Gasteiger partial charge in [-0.3, -0.25) is 0 Å². The second kappa shape index (κ2) is 7.28. The van der Waals surface area contributed by atoms with Gasteiger partial charge in [-0.25, -0.2) is 4.99 Å². The van der Waals surface area contributed by atoms with E-state index in [4.69, 9.17) is 16.4 Å². The van der Waals surface area contributed by atoms with Crippen LogP contribution in [0.25, 0.3) is 0 Å². The lowest BCUT2D eigenvalue weighted by Gasteiger charge is -2.11. The molecule has 0 aliphatic carbocycles. The van der Waals surface area contributed by atoms with Crippen LogP contribution >= 0.6 is 11.6 Å². The number of hydrogen-bond donors (Lipinski definition) is 0. The molecule has 0 radical (unpaired) electrons. The Labute approximate surface area is 153 Å². The lowest BCUT2D eigenvalue weighted by molar-refractivity contribution is 0.0858. The van der Waals surface area contributed by atoms with Crippen LogP contribution in [0.4, 0.5) is 5.69 Å². The zero-order chi connectivity index (χ0) is 18.0. The average molecular weight is 356 g/mol. The van der Waals surface area contributed by atoms with Gasteiger partial charge in [-0.1, -0.05) is 35.0 Å². The highest BCUT2D eigenvalue weighted by molar-refractivity contribution is 6.31. The Bertz CT molecular complexity index is 843. The van der Waals surface area contributed by atoms with Crippen molar-refractivity contribution < 1.29 is 4.84 Å². The largest absolute Gasteiger partial charge is 0.387 e. The quantitative estimate of drug-likeness (QED) is 0.568. The summed E-state index contributed by atoms with van der Waals surface area (Å²) < 4.78 is 0. The number of nitrogens with zero attached hydrogens (tertiary/aromatic N) is 3. The molecule has 0 spiro atoms. The van der Waals surface area contributed by atoms with Gasteiger partial charge in [0.15, 0.2) is 6.10 Å². The van der Waals surface area contributed by atoms with Gasteiger partial charge in [-0.2, -0.15) is 0 Å². The summed E-state index contributed by atoms with van der Waals surface area (Å²) in [5, 5.41) is 5.04. The number of benzene rings is 2. The summed E-state index contributed by atoms with van der Waals surface area (Å²) in [5.41, 5.74) is 6.26. The highest BCUT2D eigenvalue weighted by atomic mass is 35.5. The summed E-state index contributed by atoms with van der Waals surface area (Å²) >= 11 is 6.28. The van der Waals surface area contributed by atoms with E-state index >= 15 is 0 Å². The first-order valence-electron chi connectivity index (χ1n) is 8.25. The fourth-order valence-corrected chi connectivity index (χ4v) is 3.13. The van der Waals surface area contributed by atoms with Crippen molar-refractivity contribution in [3.8, 4) is 0 Å². The molecule has 25 heavy (non-hydrogen) atoms. The van der Waals surface area contributed by atoms with Crippen LogP contribution < -0.4 is 0 Å². The number of aryl methyl sites for hydroxylation is 2. The second-order valence-electron chi connectivity index (χ2n) is 6.52. The van der Waals surface area contributed by atoms with Crippen molar-refractivity contribution in [1.29, 1.82) is 0 Å². The summed E-state index contributed by atoms with van der Waals surface area (Å²) in [4.78, 5) is 12.1. The maximum absolute atomic E-state index is 6.28. The molecule has 1 aliphatic rings. The third kappa shape index (κ3) is 3.85. The highest BCUT2D eigenvalue weighted by Gasteiger charge is 2.26. The van der Waals surface area contributed by atoms with Gasteiger partial charge in [-0.05, 0) is 43.2 Å². The van der Waals surface area contributed by atoms with E-state index in [0.717, 1.165) is 33.7 Å². The number of hydrogen-bond acceptors (Lipinski definition) is 3.